The second kappa shape index (κ2) is 11.6. The molecule has 3 N–H and O–H groups in total. The summed E-state index contributed by atoms with van der Waals surface area (Å²) >= 11 is 0. The first-order chi connectivity index (χ1) is 8.01. The van der Waals surface area contributed by atoms with E-state index in [0.29, 0.717) is 17.9 Å². The van der Waals surface area contributed by atoms with Gasteiger partial charge in [0.15, 0.2) is 5.96 Å². The van der Waals surface area contributed by atoms with Crippen molar-refractivity contribution in [3.8, 4) is 0 Å². The number of rotatable bonds is 6. The van der Waals surface area contributed by atoms with Crippen molar-refractivity contribution in [2.24, 2.45) is 10.9 Å². The maximum absolute atomic E-state index is 11.4. The number of halogens is 1. The van der Waals surface area contributed by atoms with Gasteiger partial charge in [-0.1, -0.05) is 20.8 Å². The van der Waals surface area contributed by atoms with Gasteiger partial charge in [-0.25, -0.2) is 0 Å². The first kappa shape index (κ1) is 19.8. The minimum absolute atomic E-state index is 0. The van der Waals surface area contributed by atoms with Gasteiger partial charge in [-0.05, 0) is 19.3 Å². The van der Waals surface area contributed by atoms with Crippen molar-refractivity contribution >= 4 is 35.8 Å². The van der Waals surface area contributed by atoms with Crippen LogP contribution in [0.3, 0.4) is 0 Å². The number of amides is 1. The van der Waals surface area contributed by atoms with E-state index < -0.39 is 0 Å². The van der Waals surface area contributed by atoms with Crippen molar-refractivity contribution in [1.82, 2.24) is 16.0 Å². The molecule has 0 aromatic heterocycles. The van der Waals surface area contributed by atoms with Crippen molar-refractivity contribution in [1.29, 1.82) is 0 Å². The molecule has 0 aliphatic rings. The van der Waals surface area contributed by atoms with Gasteiger partial charge in [0.1, 0.15) is 0 Å². The lowest BCUT2D eigenvalue weighted by Crippen LogP contribution is -2.47. The van der Waals surface area contributed by atoms with E-state index in [4.69, 9.17) is 0 Å². The highest BCUT2D eigenvalue weighted by Crippen LogP contribution is 1.98. The van der Waals surface area contributed by atoms with Crippen LogP contribution in [0.15, 0.2) is 4.99 Å². The van der Waals surface area contributed by atoms with Crippen LogP contribution in [-0.4, -0.2) is 38.0 Å². The number of carbonyl (C=O) groups excluding carboxylic acids is 1. The Morgan fingerprint density at radius 2 is 1.83 bits per heavy atom. The maximum Gasteiger partial charge on any atom is 0.239 e. The second-order valence-electron chi connectivity index (χ2n) is 4.45. The van der Waals surface area contributed by atoms with Gasteiger partial charge >= 0.3 is 0 Å². The first-order valence-corrected chi connectivity index (χ1v) is 6.25. The van der Waals surface area contributed by atoms with Gasteiger partial charge in [-0.3, -0.25) is 9.79 Å². The van der Waals surface area contributed by atoms with Crippen LogP contribution in [0.5, 0.6) is 0 Å². The predicted molar refractivity (Wildman–Crippen MR) is 87.5 cm³/mol. The quantitative estimate of drug-likeness (QED) is 0.376. The normalized spacial score (nSPS) is 12.7. The molecule has 0 aromatic rings. The van der Waals surface area contributed by atoms with E-state index in [2.05, 4.69) is 41.7 Å². The van der Waals surface area contributed by atoms with Crippen molar-refractivity contribution in [2.75, 3.05) is 20.1 Å². The second-order valence-corrected chi connectivity index (χ2v) is 4.45. The molecule has 1 amide bonds. The van der Waals surface area contributed by atoms with Crippen LogP contribution in [0.1, 0.15) is 34.1 Å². The van der Waals surface area contributed by atoms with Gasteiger partial charge in [0.25, 0.3) is 0 Å². The highest BCUT2D eigenvalue weighted by atomic mass is 127. The Kier molecular flexibility index (Phi) is 12.7. The fourth-order valence-electron chi connectivity index (χ4n) is 1.07. The van der Waals surface area contributed by atoms with Crippen molar-refractivity contribution < 1.29 is 4.79 Å². The lowest BCUT2D eigenvalue weighted by molar-refractivity contribution is -0.120. The molecule has 0 aliphatic carbocycles. The minimum atomic E-state index is -0.00741. The molecule has 0 saturated carbocycles. The zero-order chi connectivity index (χ0) is 13.3. The number of guanidine groups is 1. The summed E-state index contributed by atoms with van der Waals surface area (Å²) in [5.74, 6) is 1.17. The van der Waals surface area contributed by atoms with Crippen LogP contribution in [0.25, 0.3) is 0 Å². The summed E-state index contributed by atoms with van der Waals surface area (Å²) in [6, 6.07) is 0.319. The van der Waals surface area contributed by atoms with Gasteiger partial charge in [-0.15, -0.1) is 24.0 Å². The zero-order valence-electron chi connectivity index (χ0n) is 12.0. The highest BCUT2D eigenvalue weighted by molar-refractivity contribution is 14.0. The largest absolute Gasteiger partial charge is 0.355 e. The van der Waals surface area contributed by atoms with Gasteiger partial charge < -0.3 is 16.0 Å². The summed E-state index contributed by atoms with van der Waals surface area (Å²) in [4.78, 5) is 15.5. The molecular weight excluding hydrogens is 343 g/mol. The lowest BCUT2D eigenvalue weighted by atomic mass is 10.1. The smallest absolute Gasteiger partial charge is 0.239 e. The van der Waals surface area contributed by atoms with Crippen LogP contribution < -0.4 is 16.0 Å². The number of hydrogen-bond donors (Lipinski definition) is 3. The summed E-state index contributed by atoms with van der Waals surface area (Å²) in [7, 11) is 1.70. The average molecular weight is 370 g/mol. The molecule has 0 rings (SSSR count). The molecule has 18 heavy (non-hydrogen) atoms. The number of nitrogens with zero attached hydrogens (tertiary/aromatic N) is 1. The van der Waals surface area contributed by atoms with Crippen LogP contribution in [0.4, 0.5) is 0 Å². The molecule has 5 nitrogen and oxygen atoms in total. The van der Waals surface area contributed by atoms with E-state index in [0.717, 1.165) is 13.0 Å². The third-order valence-electron chi connectivity index (χ3n) is 2.58. The third kappa shape index (κ3) is 9.49. The standard InChI is InChI=1S/C12H26N4O.HI/c1-6-7-14-11(17)8-15-12(13-5)16-10(4)9(2)3;/h9-10H,6-8H2,1-5H3,(H,14,17)(H2,13,15,16);1H. The van der Waals surface area contributed by atoms with Crippen molar-refractivity contribution in [3.63, 3.8) is 0 Å². The Morgan fingerprint density at radius 3 is 2.28 bits per heavy atom. The summed E-state index contributed by atoms with van der Waals surface area (Å²) < 4.78 is 0. The van der Waals surface area contributed by atoms with E-state index in [1.54, 1.807) is 7.05 Å². The molecule has 1 unspecified atom stereocenters. The summed E-state index contributed by atoms with van der Waals surface area (Å²) in [6.07, 6.45) is 0.948. The van der Waals surface area contributed by atoms with E-state index >= 15 is 0 Å². The van der Waals surface area contributed by atoms with Gasteiger partial charge in [-0.2, -0.15) is 0 Å². The van der Waals surface area contributed by atoms with Crippen LogP contribution in [0.2, 0.25) is 0 Å². The molecule has 0 aliphatic heterocycles. The third-order valence-corrected chi connectivity index (χ3v) is 2.58. The van der Waals surface area contributed by atoms with Crippen LogP contribution in [0, 0.1) is 5.92 Å². The Bertz CT molecular complexity index is 256. The van der Waals surface area contributed by atoms with E-state index in [1.165, 1.54) is 0 Å². The topological polar surface area (TPSA) is 65.5 Å². The Hall–Kier alpha value is -0.530. The van der Waals surface area contributed by atoms with Crippen LogP contribution >= 0.6 is 24.0 Å². The average Bonchev–Trinajstić information content (AvgIpc) is 2.31. The molecule has 0 heterocycles. The molecule has 0 spiro atoms. The summed E-state index contributed by atoms with van der Waals surface area (Å²) in [5, 5.41) is 9.03. The van der Waals surface area contributed by atoms with E-state index in [1.807, 2.05) is 6.92 Å². The maximum atomic E-state index is 11.4. The SMILES string of the molecule is CCCNC(=O)CNC(=NC)NC(C)C(C)C.I. The highest BCUT2D eigenvalue weighted by Gasteiger charge is 2.09. The van der Waals surface area contributed by atoms with Gasteiger partial charge in [0, 0.05) is 19.6 Å². The molecule has 0 bridgehead atoms. The zero-order valence-corrected chi connectivity index (χ0v) is 14.4. The molecular formula is C12H27IN4O. The summed E-state index contributed by atoms with van der Waals surface area (Å²) in [5.41, 5.74) is 0. The predicted octanol–water partition coefficient (Wildman–Crippen LogP) is 1.34. The minimum Gasteiger partial charge on any atom is -0.355 e. The van der Waals surface area contributed by atoms with Gasteiger partial charge in [0.05, 0.1) is 6.54 Å². The summed E-state index contributed by atoms with van der Waals surface area (Å²) in [6.45, 7) is 9.37. The van der Waals surface area contributed by atoms with Crippen molar-refractivity contribution in [3.05, 3.63) is 0 Å². The molecule has 0 fully saturated rings. The van der Waals surface area contributed by atoms with E-state index in [9.17, 15) is 4.79 Å². The number of nitrogens with one attached hydrogen (secondary N) is 3. The number of hydrogen-bond acceptors (Lipinski definition) is 2. The molecule has 1 atom stereocenters. The fraction of sp³-hybridized carbons (Fsp3) is 0.833. The first-order valence-electron chi connectivity index (χ1n) is 6.25. The molecule has 6 heteroatoms. The Balaban J connectivity index is 0. The molecule has 0 radical (unpaired) electrons. The molecule has 0 aromatic carbocycles. The number of aliphatic imine (C=N–C) groups is 1. The monoisotopic (exact) mass is 370 g/mol. The fourth-order valence-corrected chi connectivity index (χ4v) is 1.07. The van der Waals surface area contributed by atoms with E-state index in [-0.39, 0.29) is 36.4 Å². The Labute approximate surface area is 128 Å². The molecule has 108 valence electrons. The van der Waals surface area contributed by atoms with Gasteiger partial charge in [0.2, 0.25) is 5.91 Å². The molecule has 0 saturated heterocycles. The van der Waals surface area contributed by atoms with Crippen molar-refractivity contribution in [2.45, 2.75) is 40.2 Å². The lowest BCUT2D eigenvalue weighted by Gasteiger charge is -2.20. The Morgan fingerprint density at radius 1 is 1.22 bits per heavy atom. The number of carbonyl (C=O) groups is 1. The van der Waals surface area contributed by atoms with Crippen LogP contribution in [-0.2, 0) is 4.79 Å².